The molecule has 0 spiro atoms. The van der Waals surface area contributed by atoms with Crippen LogP contribution in [0.2, 0.25) is 0 Å². The van der Waals surface area contributed by atoms with Crippen molar-refractivity contribution in [3.05, 3.63) is 83.9 Å². The Balaban J connectivity index is 1.86. The first kappa shape index (κ1) is 16.9. The average molecular weight is 343 g/mol. The molecule has 3 rings (SSSR count). The van der Waals surface area contributed by atoms with Crippen LogP contribution < -0.4 is 10.5 Å². The zero-order valence-electron chi connectivity index (χ0n) is 13.3. The second-order valence-corrected chi connectivity index (χ2v) is 5.61. The van der Waals surface area contributed by atoms with Gasteiger partial charge in [0.15, 0.2) is 0 Å². The largest absolute Gasteiger partial charge is 0.487 e. The van der Waals surface area contributed by atoms with Gasteiger partial charge >= 0.3 is 6.18 Å². The van der Waals surface area contributed by atoms with Crippen LogP contribution in [0, 0.1) is 0 Å². The van der Waals surface area contributed by atoms with E-state index in [1.807, 2.05) is 30.3 Å². The van der Waals surface area contributed by atoms with E-state index >= 15 is 0 Å². The topological polar surface area (TPSA) is 35.2 Å². The highest BCUT2D eigenvalue weighted by Gasteiger charge is 2.30. The lowest BCUT2D eigenvalue weighted by Gasteiger charge is -2.12. The summed E-state index contributed by atoms with van der Waals surface area (Å²) >= 11 is 0. The fraction of sp³-hybridized carbons (Fsp3) is 0.100. The van der Waals surface area contributed by atoms with Crippen LogP contribution in [0.15, 0.2) is 72.8 Å². The summed E-state index contributed by atoms with van der Waals surface area (Å²) in [7, 11) is 0. The highest BCUT2D eigenvalue weighted by atomic mass is 19.4. The highest BCUT2D eigenvalue weighted by Crippen LogP contribution is 2.34. The Hall–Kier alpha value is -2.95. The normalized spacial score (nSPS) is 11.3. The van der Waals surface area contributed by atoms with Gasteiger partial charge in [-0.25, -0.2) is 0 Å². The third kappa shape index (κ3) is 4.12. The number of rotatable bonds is 4. The lowest BCUT2D eigenvalue weighted by atomic mass is 10.0. The maximum atomic E-state index is 12.9. The Bertz CT molecular complexity index is 860. The van der Waals surface area contributed by atoms with E-state index in [9.17, 15) is 13.2 Å². The summed E-state index contributed by atoms with van der Waals surface area (Å²) in [5.74, 6) is 0.443. The van der Waals surface area contributed by atoms with Crippen molar-refractivity contribution >= 4 is 5.69 Å². The van der Waals surface area contributed by atoms with Crippen molar-refractivity contribution < 1.29 is 17.9 Å². The highest BCUT2D eigenvalue weighted by molar-refractivity contribution is 5.70. The van der Waals surface area contributed by atoms with Crippen LogP contribution in [0.3, 0.4) is 0 Å². The quantitative estimate of drug-likeness (QED) is 0.632. The molecule has 0 heterocycles. The average Bonchev–Trinajstić information content (AvgIpc) is 2.61. The van der Waals surface area contributed by atoms with Crippen LogP contribution in [-0.2, 0) is 12.8 Å². The van der Waals surface area contributed by atoms with E-state index in [4.69, 9.17) is 10.5 Å². The summed E-state index contributed by atoms with van der Waals surface area (Å²) in [6.07, 6.45) is -4.38. The lowest BCUT2D eigenvalue weighted by Crippen LogP contribution is -2.04. The van der Waals surface area contributed by atoms with E-state index in [-0.39, 0.29) is 0 Å². The van der Waals surface area contributed by atoms with Crippen molar-refractivity contribution in [2.75, 3.05) is 5.73 Å². The molecule has 0 bridgehead atoms. The molecule has 0 fully saturated rings. The molecule has 3 aromatic carbocycles. The van der Waals surface area contributed by atoms with Crippen LogP contribution in [0.25, 0.3) is 11.1 Å². The standard InChI is InChI=1S/C20H16F3NO/c21-20(22,23)17-8-4-7-15(11-17)16-9-10-18(24)19(12-16)25-13-14-5-2-1-3-6-14/h1-12H,13,24H2. The van der Waals surface area contributed by atoms with Gasteiger partial charge in [0.25, 0.3) is 0 Å². The van der Waals surface area contributed by atoms with Crippen LogP contribution >= 0.6 is 0 Å². The van der Waals surface area contributed by atoms with Gasteiger partial charge in [-0.3, -0.25) is 0 Å². The Labute approximate surface area is 143 Å². The second-order valence-electron chi connectivity index (χ2n) is 5.61. The molecule has 0 atom stereocenters. The van der Waals surface area contributed by atoms with Gasteiger partial charge in [-0.1, -0.05) is 48.5 Å². The second kappa shape index (κ2) is 6.89. The van der Waals surface area contributed by atoms with Gasteiger partial charge in [-0.2, -0.15) is 13.2 Å². The smallest absolute Gasteiger partial charge is 0.416 e. The minimum Gasteiger partial charge on any atom is -0.487 e. The van der Waals surface area contributed by atoms with Crippen molar-refractivity contribution in [2.45, 2.75) is 12.8 Å². The van der Waals surface area contributed by atoms with E-state index in [1.165, 1.54) is 6.07 Å². The van der Waals surface area contributed by atoms with Gasteiger partial charge in [0, 0.05) is 0 Å². The van der Waals surface area contributed by atoms with Crippen LogP contribution in [0.5, 0.6) is 5.75 Å². The molecule has 0 amide bonds. The SMILES string of the molecule is Nc1ccc(-c2cccc(C(F)(F)F)c2)cc1OCc1ccccc1. The van der Waals surface area contributed by atoms with Crippen molar-refractivity contribution in [1.82, 2.24) is 0 Å². The van der Waals surface area contributed by atoms with Crippen molar-refractivity contribution in [1.29, 1.82) is 0 Å². The molecule has 25 heavy (non-hydrogen) atoms. The first-order chi connectivity index (χ1) is 11.9. The number of nitrogens with two attached hydrogens (primary N) is 1. The summed E-state index contributed by atoms with van der Waals surface area (Å²) in [5.41, 5.74) is 7.73. The maximum absolute atomic E-state index is 12.9. The molecule has 2 N–H and O–H groups in total. The van der Waals surface area contributed by atoms with E-state index in [0.717, 1.165) is 17.7 Å². The predicted octanol–water partition coefficient (Wildman–Crippen LogP) is 5.53. The van der Waals surface area contributed by atoms with Crippen molar-refractivity contribution in [2.24, 2.45) is 0 Å². The number of anilines is 1. The fourth-order valence-corrected chi connectivity index (χ4v) is 2.45. The molecule has 0 radical (unpaired) electrons. The molecular weight excluding hydrogens is 327 g/mol. The van der Waals surface area contributed by atoms with Gasteiger partial charge in [0.1, 0.15) is 12.4 Å². The summed E-state index contributed by atoms with van der Waals surface area (Å²) in [6, 6.07) is 19.7. The van der Waals surface area contributed by atoms with Crippen LogP contribution in [0.4, 0.5) is 18.9 Å². The zero-order valence-corrected chi connectivity index (χ0v) is 13.3. The third-order valence-corrected chi connectivity index (χ3v) is 3.77. The van der Waals surface area contributed by atoms with E-state index in [0.29, 0.717) is 29.2 Å². The first-order valence-corrected chi connectivity index (χ1v) is 7.67. The number of nitrogen functional groups attached to an aromatic ring is 1. The molecule has 128 valence electrons. The molecule has 0 aliphatic rings. The van der Waals surface area contributed by atoms with Crippen molar-refractivity contribution in [3.63, 3.8) is 0 Å². The van der Waals surface area contributed by atoms with Gasteiger partial charge in [-0.05, 0) is 41.0 Å². The predicted molar refractivity (Wildman–Crippen MR) is 92.1 cm³/mol. The van der Waals surface area contributed by atoms with E-state index in [1.54, 1.807) is 24.3 Å². The van der Waals surface area contributed by atoms with Gasteiger partial charge < -0.3 is 10.5 Å². The molecule has 0 unspecified atom stereocenters. The number of halogens is 3. The minimum absolute atomic E-state index is 0.330. The maximum Gasteiger partial charge on any atom is 0.416 e. The molecule has 3 aromatic rings. The minimum atomic E-state index is -4.38. The molecule has 0 aliphatic heterocycles. The number of hydrogen-bond acceptors (Lipinski definition) is 2. The summed E-state index contributed by atoms with van der Waals surface area (Å²) < 4.78 is 44.4. The molecule has 5 heteroatoms. The van der Waals surface area contributed by atoms with Gasteiger partial charge in [-0.15, -0.1) is 0 Å². The molecule has 0 aliphatic carbocycles. The fourth-order valence-electron chi connectivity index (χ4n) is 2.45. The molecule has 0 saturated heterocycles. The molecule has 2 nitrogen and oxygen atoms in total. The first-order valence-electron chi connectivity index (χ1n) is 7.67. The molecule has 0 saturated carbocycles. The summed E-state index contributed by atoms with van der Waals surface area (Å²) in [6.45, 7) is 0.330. The summed E-state index contributed by atoms with van der Waals surface area (Å²) in [5, 5.41) is 0. The monoisotopic (exact) mass is 343 g/mol. The molecular formula is C20H16F3NO. The summed E-state index contributed by atoms with van der Waals surface area (Å²) in [4.78, 5) is 0. The van der Waals surface area contributed by atoms with E-state index in [2.05, 4.69) is 0 Å². The third-order valence-electron chi connectivity index (χ3n) is 3.77. The number of benzene rings is 3. The van der Waals surface area contributed by atoms with Gasteiger partial charge in [0.2, 0.25) is 0 Å². The van der Waals surface area contributed by atoms with Crippen molar-refractivity contribution in [3.8, 4) is 16.9 Å². The van der Waals surface area contributed by atoms with Crippen LogP contribution in [0.1, 0.15) is 11.1 Å². The lowest BCUT2D eigenvalue weighted by molar-refractivity contribution is -0.137. The zero-order chi connectivity index (χ0) is 17.9. The van der Waals surface area contributed by atoms with Crippen LogP contribution in [-0.4, -0.2) is 0 Å². The Kier molecular flexibility index (Phi) is 4.65. The number of hydrogen-bond donors (Lipinski definition) is 1. The molecule has 0 aromatic heterocycles. The Morgan fingerprint density at radius 1 is 0.800 bits per heavy atom. The van der Waals surface area contributed by atoms with E-state index < -0.39 is 11.7 Å². The van der Waals surface area contributed by atoms with Gasteiger partial charge in [0.05, 0.1) is 11.3 Å². The Morgan fingerprint density at radius 3 is 2.24 bits per heavy atom. The number of ether oxygens (including phenoxy) is 1. The Morgan fingerprint density at radius 2 is 1.52 bits per heavy atom. The number of alkyl halides is 3.